The summed E-state index contributed by atoms with van der Waals surface area (Å²) in [6, 6.07) is 0.662. The fourth-order valence-electron chi connectivity index (χ4n) is 2.66. The van der Waals surface area contributed by atoms with Gasteiger partial charge >= 0.3 is 0 Å². The standard InChI is InChI=1S/C13H29N3/c1-11(2)13(3,10-14)16(5)12-7-6-8-15(4)9-12/h11-12H,6-10,14H2,1-5H3. The Hall–Kier alpha value is -0.120. The number of rotatable bonds is 4. The van der Waals surface area contributed by atoms with Crippen LogP contribution < -0.4 is 5.73 Å². The molecule has 2 unspecified atom stereocenters. The van der Waals surface area contributed by atoms with Crippen molar-refractivity contribution >= 4 is 0 Å². The van der Waals surface area contributed by atoms with Gasteiger partial charge in [0.05, 0.1) is 0 Å². The van der Waals surface area contributed by atoms with Gasteiger partial charge in [-0.05, 0) is 46.3 Å². The fourth-order valence-corrected chi connectivity index (χ4v) is 2.66. The molecule has 16 heavy (non-hydrogen) atoms. The van der Waals surface area contributed by atoms with Crippen molar-refractivity contribution in [2.75, 3.05) is 33.7 Å². The zero-order valence-electron chi connectivity index (χ0n) is 11.7. The molecule has 1 fully saturated rings. The second-order valence-electron chi connectivity index (χ2n) is 5.89. The Morgan fingerprint density at radius 3 is 2.56 bits per heavy atom. The van der Waals surface area contributed by atoms with E-state index in [4.69, 9.17) is 5.73 Å². The first kappa shape index (κ1) is 13.9. The van der Waals surface area contributed by atoms with Crippen LogP contribution >= 0.6 is 0 Å². The van der Waals surface area contributed by atoms with Gasteiger partial charge in [0.25, 0.3) is 0 Å². The maximum Gasteiger partial charge on any atom is 0.0326 e. The van der Waals surface area contributed by atoms with Gasteiger partial charge in [-0.2, -0.15) is 0 Å². The van der Waals surface area contributed by atoms with Gasteiger partial charge in [-0.1, -0.05) is 13.8 Å². The maximum absolute atomic E-state index is 5.99. The Morgan fingerprint density at radius 1 is 1.50 bits per heavy atom. The molecule has 1 aliphatic rings. The molecule has 1 aliphatic heterocycles. The number of hydrogen-bond acceptors (Lipinski definition) is 3. The fraction of sp³-hybridized carbons (Fsp3) is 1.00. The molecule has 0 radical (unpaired) electrons. The smallest absolute Gasteiger partial charge is 0.0326 e. The minimum atomic E-state index is 0.128. The molecule has 0 aromatic heterocycles. The second kappa shape index (κ2) is 5.48. The predicted molar refractivity (Wildman–Crippen MR) is 70.6 cm³/mol. The highest BCUT2D eigenvalue weighted by molar-refractivity contribution is 4.93. The number of nitrogens with zero attached hydrogens (tertiary/aromatic N) is 2. The largest absolute Gasteiger partial charge is 0.329 e. The van der Waals surface area contributed by atoms with Crippen LogP contribution in [0.5, 0.6) is 0 Å². The quantitative estimate of drug-likeness (QED) is 0.788. The van der Waals surface area contributed by atoms with Crippen molar-refractivity contribution in [3.8, 4) is 0 Å². The van der Waals surface area contributed by atoms with Gasteiger partial charge in [-0.3, -0.25) is 4.90 Å². The summed E-state index contributed by atoms with van der Waals surface area (Å²) in [7, 11) is 4.46. The number of likely N-dealkylation sites (N-methyl/N-ethyl adjacent to an activating group) is 2. The van der Waals surface area contributed by atoms with Crippen molar-refractivity contribution in [2.24, 2.45) is 11.7 Å². The van der Waals surface area contributed by atoms with Gasteiger partial charge in [-0.15, -0.1) is 0 Å². The van der Waals surface area contributed by atoms with Crippen molar-refractivity contribution in [2.45, 2.75) is 45.2 Å². The zero-order valence-corrected chi connectivity index (χ0v) is 11.7. The first-order valence-corrected chi connectivity index (χ1v) is 6.53. The summed E-state index contributed by atoms with van der Waals surface area (Å²) in [5, 5.41) is 0. The van der Waals surface area contributed by atoms with E-state index in [1.807, 2.05) is 0 Å². The van der Waals surface area contributed by atoms with Gasteiger partial charge in [0.1, 0.15) is 0 Å². The summed E-state index contributed by atoms with van der Waals surface area (Å²) in [4.78, 5) is 4.95. The summed E-state index contributed by atoms with van der Waals surface area (Å²) in [6.45, 7) is 10.0. The molecule has 1 heterocycles. The second-order valence-corrected chi connectivity index (χ2v) is 5.89. The minimum absolute atomic E-state index is 0.128. The summed E-state index contributed by atoms with van der Waals surface area (Å²) in [5.74, 6) is 0.592. The Kier molecular flexibility index (Phi) is 4.77. The molecule has 0 aromatic carbocycles. The van der Waals surface area contributed by atoms with E-state index in [0.29, 0.717) is 12.0 Å². The van der Waals surface area contributed by atoms with Crippen LogP contribution in [-0.2, 0) is 0 Å². The summed E-state index contributed by atoms with van der Waals surface area (Å²) in [5.41, 5.74) is 6.12. The third kappa shape index (κ3) is 2.76. The zero-order chi connectivity index (χ0) is 12.3. The van der Waals surface area contributed by atoms with E-state index in [2.05, 4.69) is 44.7 Å². The number of nitrogens with two attached hydrogens (primary N) is 1. The van der Waals surface area contributed by atoms with Gasteiger partial charge < -0.3 is 10.6 Å². The molecule has 3 nitrogen and oxygen atoms in total. The Morgan fingerprint density at radius 2 is 2.12 bits per heavy atom. The van der Waals surface area contributed by atoms with Crippen molar-refractivity contribution in [1.29, 1.82) is 0 Å². The lowest BCUT2D eigenvalue weighted by atomic mass is 9.85. The van der Waals surface area contributed by atoms with Crippen LogP contribution in [0.15, 0.2) is 0 Å². The lowest BCUT2D eigenvalue weighted by molar-refractivity contribution is 0.0211. The van der Waals surface area contributed by atoms with E-state index < -0.39 is 0 Å². The lowest BCUT2D eigenvalue weighted by Gasteiger charge is -2.48. The average Bonchev–Trinajstić information content (AvgIpc) is 2.26. The van der Waals surface area contributed by atoms with Crippen LogP contribution in [0.2, 0.25) is 0 Å². The number of hydrogen-bond donors (Lipinski definition) is 1. The van der Waals surface area contributed by atoms with Gasteiger partial charge in [0.2, 0.25) is 0 Å². The third-order valence-electron chi connectivity index (χ3n) is 4.61. The highest BCUT2D eigenvalue weighted by Crippen LogP contribution is 2.27. The van der Waals surface area contributed by atoms with Crippen LogP contribution in [0.4, 0.5) is 0 Å². The molecule has 0 aliphatic carbocycles. The average molecular weight is 227 g/mol. The number of piperidine rings is 1. The van der Waals surface area contributed by atoms with Crippen LogP contribution in [0, 0.1) is 5.92 Å². The van der Waals surface area contributed by atoms with Crippen LogP contribution in [0.1, 0.15) is 33.6 Å². The van der Waals surface area contributed by atoms with E-state index in [1.54, 1.807) is 0 Å². The molecule has 2 atom stereocenters. The molecular formula is C13H29N3. The Balaban J connectivity index is 2.70. The minimum Gasteiger partial charge on any atom is -0.329 e. The SMILES string of the molecule is CC(C)C(C)(CN)N(C)C1CCCN(C)C1. The molecule has 3 heteroatoms. The number of likely N-dealkylation sites (tertiary alicyclic amines) is 1. The molecule has 96 valence electrons. The highest BCUT2D eigenvalue weighted by Gasteiger charge is 2.36. The van der Waals surface area contributed by atoms with Gasteiger partial charge in [-0.25, -0.2) is 0 Å². The van der Waals surface area contributed by atoms with Crippen molar-refractivity contribution < 1.29 is 0 Å². The topological polar surface area (TPSA) is 32.5 Å². The molecule has 1 saturated heterocycles. The van der Waals surface area contributed by atoms with Crippen LogP contribution in [0.25, 0.3) is 0 Å². The van der Waals surface area contributed by atoms with Crippen LogP contribution in [-0.4, -0.2) is 55.1 Å². The molecule has 0 saturated carbocycles. The van der Waals surface area contributed by atoms with Gasteiger partial charge in [0.15, 0.2) is 0 Å². The molecule has 0 amide bonds. The van der Waals surface area contributed by atoms with Crippen LogP contribution in [0.3, 0.4) is 0 Å². The normalized spacial score (nSPS) is 27.4. The van der Waals surface area contributed by atoms with Crippen molar-refractivity contribution in [1.82, 2.24) is 9.80 Å². The Bertz CT molecular complexity index is 217. The summed E-state index contributed by atoms with van der Waals surface area (Å²) < 4.78 is 0. The summed E-state index contributed by atoms with van der Waals surface area (Å²) in [6.07, 6.45) is 2.62. The molecule has 1 rings (SSSR count). The lowest BCUT2D eigenvalue weighted by Crippen LogP contribution is -2.60. The van der Waals surface area contributed by atoms with E-state index in [0.717, 1.165) is 6.54 Å². The molecular weight excluding hydrogens is 198 g/mol. The molecule has 0 spiro atoms. The monoisotopic (exact) mass is 227 g/mol. The van der Waals surface area contributed by atoms with E-state index >= 15 is 0 Å². The van der Waals surface area contributed by atoms with E-state index in [1.165, 1.54) is 25.9 Å². The highest BCUT2D eigenvalue weighted by atomic mass is 15.3. The summed E-state index contributed by atoms with van der Waals surface area (Å²) >= 11 is 0. The van der Waals surface area contributed by atoms with Gasteiger partial charge in [0, 0.05) is 24.7 Å². The van der Waals surface area contributed by atoms with E-state index in [-0.39, 0.29) is 5.54 Å². The molecule has 0 bridgehead atoms. The van der Waals surface area contributed by atoms with E-state index in [9.17, 15) is 0 Å². The Labute approximate surface area is 101 Å². The van der Waals surface area contributed by atoms with Crippen molar-refractivity contribution in [3.05, 3.63) is 0 Å². The van der Waals surface area contributed by atoms with Crippen molar-refractivity contribution in [3.63, 3.8) is 0 Å². The first-order valence-electron chi connectivity index (χ1n) is 6.53. The molecule has 2 N–H and O–H groups in total. The maximum atomic E-state index is 5.99. The third-order valence-corrected chi connectivity index (χ3v) is 4.61. The first-order chi connectivity index (χ1) is 7.41. The predicted octanol–water partition coefficient (Wildman–Crippen LogP) is 1.39. The molecule has 0 aromatic rings.